The van der Waals surface area contributed by atoms with Gasteiger partial charge in [-0.3, -0.25) is 4.79 Å². The highest BCUT2D eigenvalue weighted by Crippen LogP contribution is 2.27. The average Bonchev–Trinajstić information content (AvgIpc) is 2.75. The fraction of sp³-hybridized carbons (Fsp3) is 0.120. The van der Waals surface area contributed by atoms with Crippen LogP contribution in [-0.2, 0) is 4.79 Å². The van der Waals surface area contributed by atoms with E-state index in [9.17, 15) is 4.79 Å². The molecule has 30 heavy (non-hydrogen) atoms. The van der Waals surface area contributed by atoms with Crippen molar-refractivity contribution < 1.29 is 9.53 Å². The van der Waals surface area contributed by atoms with Crippen molar-refractivity contribution in [3.63, 3.8) is 0 Å². The highest BCUT2D eigenvalue weighted by Gasteiger charge is 2.08. The van der Waals surface area contributed by atoms with Crippen LogP contribution in [0.3, 0.4) is 0 Å². The maximum Gasteiger partial charge on any atom is 0.277 e. The maximum absolute atomic E-state index is 12.2. The third kappa shape index (κ3) is 4.14. The first-order chi connectivity index (χ1) is 14.5. The van der Waals surface area contributed by atoms with Crippen LogP contribution in [0, 0.1) is 13.8 Å². The number of ether oxygens (including phenoxy) is 1. The van der Waals surface area contributed by atoms with Crippen LogP contribution in [0.15, 0.2) is 71.8 Å². The molecule has 4 nitrogen and oxygen atoms in total. The van der Waals surface area contributed by atoms with Crippen molar-refractivity contribution in [2.75, 3.05) is 6.61 Å². The normalized spacial score (nSPS) is 11.3. The summed E-state index contributed by atoms with van der Waals surface area (Å²) < 4.78 is 5.58. The van der Waals surface area contributed by atoms with E-state index in [4.69, 9.17) is 16.3 Å². The molecule has 0 aliphatic carbocycles. The van der Waals surface area contributed by atoms with E-state index in [0.29, 0.717) is 10.8 Å². The average molecular weight is 417 g/mol. The van der Waals surface area contributed by atoms with Crippen LogP contribution < -0.4 is 10.2 Å². The molecule has 0 fully saturated rings. The van der Waals surface area contributed by atoms with E-state index < -0.39 is 0 Å². The quantitative estimate of drug-likeness (QED) is 0.254. The van der Waals surface area contributed by atoms with Crippen LogP contribution in [0.4, 0.5) is 0 Å². The number of nitrogens with one attached hydrogen (secondary N) is 1. The second-order valence-electron chi connectivity index (χ2n) is 7.19. The van der Waals surface area contributed by atoms with Crippen molar-refractivity contribution in [3.8, 4) is 5.75 Å². The van der Waals surface area contributed by atoms with Gasteiger partial charge >= 0.3 is 0 Å². The number of hydrazone groups is 1. The summed E-state index contributed by atoms with van der Waals surface area (Å²) in [5, 5.41) is 9.30. The van der Waals surface area contributed by atoms with Gasteiger partial charge in [-0.05, 0) is 64.7 Å². The summed E-state index contributed by atoms with van der Waals surface area (Å²) in [5.74, 6) is 0.273. The molecule has 0 saturated carbocycles. The molecule has 0 aliphatic heterocycles. The Labute approximate surface area is 180 Å². The van der Waals surface area contributed by atoms with Gasteiger partial charge in [0.05, 0.1) is 6.21 Å². The first-order valence-corrected chi connectivity index (χ1v) is 10.0. The molecule has 1 N–H and O–H groups in total. The number of rotatable bonds is 5. The fourth-order valence-corrected chi connectivity index (χ4v) is 3.64. The van der Waals surface area contributed by atoms with Crippen molar-refractivity contribution in [1.82, 2.24) is 5.43 Å². The summed E-state index contributed by atoms with van der Waals surface area (Å²) >= 11 is 6.17. The van der Waals surface area contributed by atoms with Crippen molar-refractivity contribution in [2.45, 2.75) is 13.8 Å². The number of benzene rings is 4. The van der Waals surface area contributed by atoms with Crippen molar-refractivity contribution in [3.05, 3.63) is 88.4 Å². The van der Waals surface area contributed by atoms with Gasteiger partial charge in [-0.2, -0.15) is 5.10 Å². The molecule has 0 aromatic heterocycles. The summed E-state index contributed by atoms with van der Waals surface area (Å²) in [4.78, 5) is 12.2. The predicted molar refractivity (Wildman–Crippen MR) is 124 cm³/mol. The lowest BCUT2D eigenvalue weighted by atomic mass is 9.97. The summed E-state index contributed by atoms with van der Waals surface area (Å²) in [5.41, 5.74) is 5.34. The lowest BCUT2D eigenvalue weighted by Crippen LogP contribution is -2.24. The summed E-state index contributed by atoms with van der Waals surface area (Å²) in [6.45, 7) is 3.68. The minimum absolute atomic E-state index is 0.131. The second kappa shape index (κ2) is 8.56. The molecule has 0 atom stereocenters. The molecule has 0 heterocycles. The highest BCUT2D eigenvalue weighted by atomic mass is 35.5. The van der Waals surface area contributed by atoms with Gasteiger partial charge in [-0.25, -0.2) is 5.43 Å². The van der Waals surface area contributed by atoms with Crippen LogP contribution in [0.2, 0.25) is 5.02 Å². The SMILES string of the molecule is Cc1cc(OCC(=O)N/N=C/c2c3ccccc3cc3ccccc23)cc(C)c1Cl. The predicted octanol–water partition coefficient (Wildman–Crippen LogP) is 5.79. The molecule has 4 aromatic rings. The second-order valence-corrected chi connectivity index (χ2v) is 7.56. The summed E-state index contributed by atoms with van der Waals surface area (Å²) in [6.07, 6.45) is 1.69. The van der Waals surface area contributed by atoms with Crippen molar-refractivity contribution >= 4 is 45.3 Å². The number of carbonyl (C=O) groups excluding carboxylic acids is 1. The first kappa shape index (κ1) is 19.9. The largest absolute Gasteiger partial charge is 0.484 e. The molecule has 0 bridgehead atoms. The standard InChI is InChI=1S/C25H21ClN2O2/c1-16-11-20(12-17(2)25(16)26)30-15-24(29)28-27-14-23-21-9-5-3-7-18(21)13-19-8-4-6-10-22(19)23/h3-14H,15H2,1-2H3,(H,28,29)/b27-14+. The Balaban J connectivity index is 1.50. The van der Waals surface area contributed by atoms with Gasteiger partial charge < -0.3 is 4.74 Å². The van der Waals surface area contributed by atoms with E-state index in [1.54, 1.807) is 6.21 Å². The van der Waals surface area contributed by atoms with Crippen LogP contribution >= 0.6 is 11.6 Å². The lowest BCUT2D eigenvalue weighted by Gasteiger charge is -2.09. The van der Waals surface area contributed by atoms with Gasteiger partial charge in [0.25, 0.3) is 5.91 Å². The van der Waals surface area contributed by atoms with Gasteiger partial charge in [0.15, 0.2) is 6.61 Å². The number of nitrogens with zero attached hydrogens (tertiary/aromatic N) is 1. The monoisotopic (exact) mass is 416 g/mol. The van der Waals surface area contributed by atoms with E-state index in [-0.39, 0.29) is 12.5 Å². The molecule has 0 aliphatic rings. The topological polar surface area (TPSA) is 50.7 Å². The Hall–Kier alpha value is -3.37. The van der Waals surface area contributed by atoms with Gasteiger partial charge in [-0.15, -0.1) is 0 Å². The number of hydrogen-bond acceptors (Lipinski definition) is 3. The van der Waals surface area contributed by atoms with Crippen molar-refractivity contribution in [1.29, 1.82) is 0 Å². The summed E-state index contributed by atoms with van der Waals surface area (Å²) in [6, 6.07) is 22.1. The Kier molecular flexibility index (Phi) is 5.68. The molecule has 0 radical (unpaired) electrons. The smallest absolute Gasteiger partial charge is 0.277 e. The first-order valence-electron chi connectivity index (χ1n) is 9.65. The van der Waals surface area contributed by atoms with Crippen LogP contribution in [0.1, 0.15) is 16.7 Å². The van der Waals surface area contributed by atoms with Gasteiger partial charge in [0, 0.05) is 10.6 Å². The molecule has 4 rings (SSSR count). The number of amides is 1. The van der Waals surface area contributed by atoms with Gasteiger partial charge in [0.2, 0.25) is 0 Å². The molecule has 4 aromatic carbocycles. The molecule has 0 spiro atoms. The van der Waals surface area contributed by atoms with E-state index in [0.717, 1.165) is 38.2 Å². The zero-order chi connectivity index (χ0) is 21.1. The molecule has 0 unspecified atom stereocenters. The minimum atomic E-state index is -0.332. The maximum atomic E-state index is 12.2. The lowest BCUT2D eigenvalue weighted by molar-refractivity contribution is -0.123. The highest BCUT2D eigenvalue weighted by molar-refractivity contribution is 6.32. The molecule has 1 amide bonds. The summed E-state index contributed by atoms with van der Waals surface area (Å²) in [7, 11) is 0. The van der Waals surface area contributed by atoms with E-state index in [1.165, 1.54) is 0 Å². The Bertz CT molecular complexity index is 1200. The van der Waals surface area contributed by atoms with Crippen molar-refractivity contribution in [2.24, 2.45) is 5.10 Å². The number of hydrogen-bond donors (Lipinski definition) is 1. The number of halogens is 1. The van der Waals surface area contributed by atoms with Crippen LogP contribution in [0.25, 0.3) is 21.5 Å². The third-order valence-corrected chi connectivity index (χ3v) is 5.57. The van der Waals surface area contributed by atoms with E-state index >= 15 is 0 Å². The van der Waals surface area contributed by atoms with Gasteiger partial charge in [0.1, 0.15) is 5.75 Å². The number of aryl methyl sites for hydroxylation is 2. The van der Waals surface area contributed by atoms with E-state index in [2.05, 4.69) is 40.9 Å². The van der Waals surface area contributed by atoms with Crippen LogP contribution in [-0.4, -0.2) is 18.7 Å². The third-order valence-electron chi connectivity index (χ3n) is 4.98. The minimum Gasteiger partial charge on any atom is -0.484 e. The zero-order valence-corrected chi connectivity index (χ0v) is 17.5. The molecular formula is C25H21ClN2O2. The molecular weight excluding hydrogens is 396 g/mol. The van der Waals surface area contributed by atoms with E-state index in [1.807, 2.05) is 50.2 Å². The molecule has 5 heteroatoms. The fourth-order valence-electron chi connectivity index (χ4n) is 3.53. The zero-order valence-electron chi connectivity index (χ0n) is 16.8. The number of carbonyl (C=O) groups is 1. The van der Waals surface area contributed by atoms with Gasteiger partial charge in [-0.1, -0.05) is 60.1 Å². The Morgan fingerprint density at radius 2 is 1.53 bits per heavy atom. The molecule has 150 valence electrons. The number of fused-ring (bicyclic) bond motifs is 2. The van der Waals surface area contributed by atoms with Crippen LogP contribution in [0.5, 0.6) is 5.75 Å². The molecule has 0 saturated heterocycles. The Morgan fingerprint density at radius 1 is 0.967 bits per heavy atom. The Morgan fingerprint density at radius 3 is 2.13 bits per heavy atom.